The number of rotatable bonds is 8. The minimum absolute atomic E-state index is 0.344. The summed E-state index contributed by atoms with van der Waals surface area (Å²) in [5, 5.41) is 8.90. The van der Waals surface area contributed by atoms with Crippen molar-refractivity contribution < 1.29 is 22.8 Å². The molecule has 1 heterocycles. The zero-order chi connectivity index (χ0) is 23.5. The number of nitrogens with zero attached hydrogens (tertiary/aromatic N) is 3. The van der Waals surface area contributed by atoms with E-state index in [-0.39, 0.29) is 0 Å². The molecule has 2 N–H and O–H groups in total. The number of amides is 2. The van der Waals surface area contributed by atoms with Crippen molar-refractivity contribution in [1.82, 2.24) is 20.1 Å². The van der Waals surface area contributed by atoms with Gasteiger partial charge in [0.1, 0.15) is 5.82 Å². The minimum atomic E-state index is -1.69. The number of anilines is 1. The van der Waals surface area contributed by atoms with Crippen LogP contribution in [0.25, 0.3) is 5.69 Å². The smallest absolute Gasteiger partial charge is 0.243 e. The van der Waals surface area contributed by atoms with E-state index in [1.54, 1.807) is 11.6 Å². The first-order valence-corrected chi connectivity index (χ1v) is 11.1. The molecular formula is C22H20F3N5O2S. The summed E-state index contributed by atoms with van der Waals surface area (Å²) in [4.78, 5) is 29.0. The predicted octanol–water partition coefficient (Wildman–Crippen LogP) is 3.80. The van der Waals surface area contributed by atoms with E-state index in [0.29, 0.717) is 17.1 Å². The number of hydrogen-bond acceptors (Lipinski definition) is 5. The van der Waals surface area contributed by atoms with E-state index in [0.717, 1.165) is 42.2 Å². The van der Waals surface area contributed by atoms with Gasteiger partial charge in [-0.05, 0) is 44.0 Å². The third-order valence-electron chi connectivity index (χ3n) is 4.94. The third-order valence-corrected chi connectivity index (χ3v) is 5.89. The highest BCUT2D eigenvalue weighted by Gasteiger charge is 2.31. The maximum absolute atomic E-state index is 13.7. The predicted molar refractivity (Wildman–Crippen MR) is 117 cm³/mol. The van der Waals surface area contributed by atoms with Crippen molar-refractivity contribution >= 4 is 29.3 Å². The Balaban J connectivity index is 1.34. The number of thioether (sulfide) groups is 1. The van der Waals surface area contributed by atoms with Crippen LogP contribution in [0.4, 0.5) is 18.9 Å². The molecule has 1 fully saturated rings. The highest BCUT2D eigenvalue weighted by atomic mass is 32.2. The molecule has 0 spiro atoms. The quantitative estimate of drug-likeness (QED) is 0.382. The van der Waals surface area contributed by atoms with E-state index in [2.05, 4.69) is 20.7 Å². The van der Waals surface area contributed by atoms with Crippen LogP contribution in [0.5, 0.6) is 0 Å². The molecule has 1 unspecified atom stereocenters. The van der Waals surface area contributed by atoms with E-state index >= 15 is 0 Å². The van der Waals surface area contributed by atoms with Crippen LogP contribution in [0.3, 0.4) is 0 Å². The first-order valence-electron chi connectivity index (χ1n) is 10.2. The zero-order valence-corrected chi connectivity index (χ0v) is 18.3. The van der Waals surface area contributed by atoms with Gasteiger partial charge in [-0.2, -0.15) is 0 Å². The van der Waals surface area contributed by atoms with Crippen LogP contribution < -0.4 is 10.6 Å². The van der Waals surface area contributed by atoms with Crippen molar-refractivity contribution in [2.75, 3.05) is 11.9 Å². The molecule has 0 bridgehead atoms. The van der Waals surface area contributed by atoms with Gasteiger partial charge in [0.25, 0.3) is 0 Å². The van der Waals surface area contributed by atoms with E-state index in [9.17, 15) is 22.8 Å². The van der Waals surface area contributed by atoms with Gasteiger partial charge in [-0.3, -0.25) is 9.59 Å². The van der Waals surface area contributed by atoms with Crippen LogP contribution in [0, 0.1) is 17.5 Å². The maximum Gasteiger partial charge on any atom is 0.243 e. The summed E-state index contributed by atoms with van der Waals surface area (Å²) in [6.45, 7) is 1.17. The molecule has 7 nitrogen and oxygen atoms in total. The Labute approximate surface area is 191 Å². The number of benzene rings is 2. The van der Waals surface area contributed by atoms with Crippen LogP contribution in [0.15, 0.2) is 47.6 Å². The van der Waals surface area contributed by atoms with E-state index < -0.39 is 46.7 Å². The summed E-state index contributed by atoms with van der Waals surface area (Å²) in [6.07, 6.45) is 2.08. The lowest BCUT2D eigenvalue weighted by molar-refractivity contribution is -0.123. The maximum atomic E-state index is 13.7. The van der Waals surface area contributed by atoms with Crippen LogP contribution in [0.2, 0.25) is 0 Å². The third kappa shape index (κ3) is 5.36. The zero-order valence-electron chi connectivity index (χ0n) is 17.5. The number of carbonyl (C=O) groups excluding carboxylic acids is 2. The molecule has 11 heteroatoms. The lowest BCUT2D eigenvalue weighted by Gasteiger charge is -2.11. The topological polar surface area (TPSA) is 88.9 Å². The van der Waals surface area contributed by atoms with Crippen molar-refractivity contribution in [2.24, 2.45) is 0 Å². The van der Waals surface area contributed by atoms with Crippen molar-refractivity contribution in [2.45, 2.75) is 36.1 Å². The summed E-state index contributed by atoms with van der Waals surface area (Å²) in [6, 6.07) is 11.2. The molecule has 2 aromatic carbocycles. The Morgan fingerprint density at radius 3 is 2.55 bits per heavy atom. The number of carbonyl (C=O) groups is 2. The second-order valence-electron chi connectivity index (χ2n) is 7.52. The Morgan fingerprint density at radius 2 is 1.85 bits per heavy atom. The van der Waals surface area contributed by atoms with Gasteiger partial charge in [0.15, 0.2) is 17.5 Å². The Morgan fingerprint density at radius 1 is 1.12 bits per heavy atom. The Hall–Kier alpha value is -3.34. The summed E-state index contributed by atoms with van der Waals surface area (Å²) >= 11 is 1.15. The molecule has 4 rings (SSSR count). The van der Waals surface area contributed by atoms with Gasteiger partial charge in [-0.25, -0.2) is 22.8 Å². The molecule has 3 aromatic rings. The molecule has 1 aliphatic carbocycles. The number of aromatic nitrogens is 3. The van der Waals surface area contributed by atoms with Gasteiger partial charge in [0.2, 0.25) is 17.0 Å². The molecular weight excluding hydrogens is 455 g/mol. The van der Waals surface area contributed by atoms with Gasteiger partial charge in [0, 0.05) is 5.92 Å². The number of para-hydroxylation sites is 1. The fraction of sp³-hybridized carbons (Fsp3) is 0.273. The number of nitrogens with one attached hydrogen (secondary N) is 2. The average Bonchev–Trinajstić information content (AvgIpc) is 3.58. The first-order chi connectivity index (χ1) is 15.8. The Bertz CT molecular complexity index is 1180. The lowest BCUT2D eigenvalue weighted by atomic mass is 10.2. The summed E-state index contributed by atoms with van der Waals surface area (Å²) in [5.41, 5.74) is 0.371. The number of halogens is 3. The molecule has 2 amide bonds. The normalized spacial score (nSPS) is 14.1. The van der Waals surface area contributed by atoms with E-state index in [1.807, 2.05) is 30.3 Å². The standard InChI is InChI=1S/C22H20F3N5O2S/c1-12(21(32)26-11-17(31)27-16-10-9-15(23)18(24)19(16)25)33-22-28-20(13-7-8-13)30(29-22)14-5-3-2-4-6-14/h2-6,9-10,12-13H,7-8,11H2,1H3,(H,26,32)(H,27,31). The van der Waals surface area contributed by atoms with Crippen molar-refractivity contribution in [3.63, 3.8) is 0 Å². The van der Waals surface area contributed by atoms with Crippen LogP contribution in [-0.2, 0) is 9.59 Å². The minimum Gasteiger partial charge on any atom is -0.346 e. The molecule has 0 radical (unpaired) electrons. The summed E-state index contributed by atoms with van der Waals surface area (Å²) in [7, 11) is 0. The van der Waals surface area contributed by atoms with Crippen molar-refractivity contribution in [3.8, 4) is 5.69 Å². The Kier molecular flexibility index (Phi) is 6.68. The second kappa shape index (κ2) is 9.65. The highest BCUT2D eigenvalue weighted by molar-refractivity contribution is 8.00. The molecule has 1 aliphatic rings. The average molecular weight is 475 g/mol. The first kappa shape index (κ1) is 22.8. The van der Waals surface area contributed by atoms with Crippen LogP contribution in [-0.4, -0.2) is 38.4 Å². The molecule has 0 aliphatic heterocycles. The van der Waals surface area contributed by atoms with Gasteiger partial charge >= 0.3 is 0 Å². The highest BCUT2D eigenvalue weighted by Crippen LogP contribution is 2.40. The monoisotopic (exact) mass is 475 g/mol. The SMILES string of the molecule is CC(Sc1nc(C2CC2)n(-c2ccccc2)n1)C(=O)NCC(=O)Nc1ccc(F)c(F)c1F. The molecule has 1 atom stereocenters. The van der Waals surface area contributed by atoms with Crippen molar-refractivity contribution in [1.29, 1.82) is 0 Å². The lowest BCUT2D eigenvalue weighted by Crippen LogP contribution is -2.37. The fourth-order valence-corrected chi connectivity index (χ4v) is 3.84. The van der Waals surface area contributed by atoms with E-state index in [4.69, 9.17) is 0 Å². The number of hydrogen-bond donors (Lipinski definition) is 2. The molecule has 1 aromatic heterocycles. The van der Waals surface area contributed by atoms with Crippen LogP contribution >= 0.6 is 11.8 Å². The summed E-state index contributed by atoms with van der Waals surface area (Å²) < 4.78 is 41.7. The summed E-state index contributed by atoms with van der Waals surface area (Å²) in [5.74, 6) is -4.60. The van der Waals surface area contributed by atoms with Gasteiger partial charge in [-0.15, -0.1) is 5.10 Å². The molecule has 0 saturated heterocycles. The van der Waals surface area contributed by atoms with Gasteiger partial charge in [-0.1, -0.05) is 30.0 Å². The second-order valence-corrected chi connectivity index (χ2v) is 8.83. The van der Waals surface area contributed by atoms with E-state index in [1.165, 1.54) is 0 Å². The molecule has 33 heavy (non-hydrogen) atoms. The fourth-order valence-electron chi connectivity index (χ4n) is 3.06. The van der Waals surface area contributed by atoms with Gasteiger partial charge in [0.05, 0.1) is 23.2 Å². The van der Waals surface area contributed by atoms with Crippen molar-refractivity contribution in [3.05, 3.63) is 65.7 Å². The largest absolute Gasteiger partial charge is 0.346 e. The molecule has 1 saturated carbocycles. The van der Waals surface area contributed by atoms with Crippen LogP contribution in [0.1, 0.15) is 31.5 Å². The van der Waals surface area contributed by atoms with Gasteiger partial charge < -0.3 is 10.6 Å². The molecule has 172 valence electrons.